The lowest BCUT2D eigenvalue weighted by Gasteiger charge is -2.48. The van der Waals surface area contributed by atoms with E-state index >= 15 is 0 Å². The molecule has 1 aliphatic heterocycles. The van der Waals surface area contributed by atoms with Crippen LogP contribution in [0.25, 0.3) is 0 Å². The van der Waals surface area contributed by atoms with Gasteiger partial charge in [0.1, 0.15) is 0 Å². The van der Waals surface area contributed by atoms with Gasteiger partial charge < -0.3 is 10.1 Å². The molecule has 2 fully saturated rings. The highest BCUT2D eigenvalue weighted by molar-refractivity contribution is 5.85. The molecule has 1 atom stereocenters. The van der Waals surface area contributed by atoms with Gasteiger partial charge in [0.05, 0.1) is 12.7 Å². The average Bonchev–Trinajstić information content (AvgIpc) is 2.98. The number of ether oxygens (including phenoxy) is 1. The summed E-state index contributed by atoms with van der Waals surface area (Å²) in [6.45, 7) is 2.98. The van der Waals surface area contributed by atoms with Gasteiger partial charge in [0, 0.05) is 19.0 Å². The summed E-state index contributed by atoms with van der Waals surface area (Å²) in [5.41, 5.74) is 3.17. The van der Waals surface area contributed by atoms with Crippen LogP contribution in [0.4, 0.5) is 0 Å². The van der Waals surface area contributed by atoms with Crippen molar-refractivity contribution in [3.63, 3.8) is 0 Å². The van der Waals surface area contributed by atoms with Crippen molar-refractivity contribution in [3.05, 3.63) is 71.8 Å². The summed E-state index contributed by atoms with van der Waals surface area (Å²) in [4.78, 5) is 0. The Bertz CT molecular complexity index is 610. The SMILES string of the molecule is Cl.c1ccc(COC2CC3(CNCC3c3ccccc3)C2)cc1. The van der Waals surface area contributed by atoms with E-state index in [9.17, 15) is 0 Å². The highest BCUT2D eigenvalue weighted by Crippen LogP contribution is 2.54. The van der Waals surface area contributed by atoms with Crippen LogP contribution in [0, 0.1) is 5.41 Å². The molecule has 23 heavy (non-hydrogen) atoms. The smallest absolute Gasteiger partial charge is 0.0720 e. The molecule has 1 heterocycles. The Balaban J connectivity index is 0.00000156. The van der Waals surface area contributed by atoms with Crippen LogP contribution in [0.1, 0.15) is 29.9 Å². The number of benzene rings is 2. The Kier molecular flexibility index (Phi) is 5.05. The molecule has 1 N–H and O–H groups in total. The third-order valence-electron chi connectivity index (χ3n) is 5.36. The van der Waals surface area contributed by atoms with Crippen LogP contribution in [0.5, 0.6) is 0 Å². The van der Waals surface area contributed by atoms with E-state index in [-0.39, 0.29) is 12.4 Å². The van der Waals surface area contributed by atoms with Gasteiger partial charge >= 0.3 is 0 Å². The van der Waals surface area contributed by atoms with Crippen LogP contribution >= 0.6 is 12.4 Å². The molecule has 0 aromatic heterocycles. The molecule has 0 radical (unpaired) electrons. The molecule has 2 nitrogen and oxygen atoms in total. The summed E-state index contributed by atoms with van der Waals surface area (Å²) in [6.07, 6.45) is 2.80. The van der Waals surface area contributed by atoms with Crippen molar-refractivity contribution in [1.29, 1.82) is 0 Å². The first-order chi connectivity index (χ1) is 10.9. The zero-order valence-electron chi connectivity index (χ0n) is 13.3. The fourth-order valence-corrected chi connectivity index (χ4v) is 4.14. The summed E-state index contributed by atoms with van der Waals surface area (Å²) < 4.78 is 6.11. The molecule has 122 valence electrons. The average molecular weight is 330 g/mol. The number of hydrogen-bond acceptors (Lipinski definition) is 2. The second kappa shape index (κ2) is 7.04. The van der Waals surface area contributed by atoms with Gasteiger partial charge in [-0.15, -0.1) is 12.4 Å². The van der Waals surface area contributed by atoms with Crippen LogP contribution in [0.2, 0.25) is 0 Å². The molecule has 2 aromatic rings. The first kappa shape index (κ1) is 16.5. The molecule has 1 spiro atoms. The first-order valence-corrected chi connectivity index (χ1v) is 8.27. The molecule has 2 aliphatic rings. The highest BCUT2D eigenvalue weighted by atomic mass is 35.5. The Morgan fingerprint density at radius 3 is 2.30 bits per heavy atom. The number of rotatable bonds is 4. The van der Waals surface area contributed by atoms with E-state index in [4.69, 9.17) is 4.74 Å². The van der Waals surface area contributed by atoms with E-state index in [1.54, 1.807) is 0 Å². The molecular weight excluding hydrogens is 306 g/mol. The second-order valence-electron chi connectivity index (χ2n) is 6.78. The van der Waals surface area contributed by atoms with Gasteiger partial charge in [-0.3, -0.25) is 0 Å². The fourth-order valence-electron chi connectivity index (χ4n) is 4.14. The first-order valence-electron chi connectivity index (χ1n) is 8.27. The summed E-state index contributed by atoms with van der Waals surface area (Å²) >= 11 is 0. The standard InChI is InChI=1S/C20H23NO.ClH/c1-3-7-16(8-4-1)14-22-18-11-20(12-18)15-21-13-19(20)17-9-5-2-6-10-17;/h1-10,18-19,21H,11-15H2;1H. The molecule has 0 bridgehead atoms. The van der Waals surface area contributed by atoms with Crippen molar-refractivity contribution in [2.75, 3.05) is 13.1 Å². The monoisotopic (exact) mass is 329 g/mol. The minimum atomic E-state index is 0. The minimum absolute atomic E-state index is 0. The predicted octanol–water partition coefficient (Wildman–Crippen LogP) is 4.16. The van der Waals surface area contributed by atoms with Gasteiger partial charge in [-0.25, -0.2) is 0 Å². The lowest BCUT2D eigenvalue weighted by Crippen LogP contribution is -2.46. The molecule has 2 aromatic carbocycles. The van der Waals surface area contributed by atoms with Gasteiger partial charge in [0.15, 0.2) is 0 Å². The quantitative estimate of drug-likeness (QED) is 0.909. The van der Waals surface area contributed by atoms with Crippen molar-refractivity contribution in [2.45, 2.75) is 31.5 Å². The maximum absolute atomic E-state index is 6.11. The normalized spacial score (nSPS) is 29.0. The third-order valence-corrected chi connectivity index (χ3v) is 5.36. The highest BCUT2D eigenvalue weighted by Gasteiger charge is 2.52. The molecule has 1 saturated heterocycles. The second-order valence-corrected chi connectivity index (χ2v) is 6.78. The third kappa shape index (κ3) is 3.30. The summed E-state index contributed by atoms with van der Waals surface area (Å²) in [6, 6.07) is 21.4. The lowest BCUT2D eigenvalue weighted by atomic mass is 9.59. The lowest BCUT2D eigenvalue weighted by molar-refractivity contribution is -0.0867. The van der Waals surface area contributed by atoms with Gasteiger partial charge in [-0.1, -0.05) is 60.7 Å². The Morgan fingerprint density at radius 1 is 0.957 bits per heavy atom. The number of halogens is 1. The van der Waals surface area contributed by atoms with E-state index in [0.717, 1.165) is 19.7 Å². The van der Waals surface area contributed by atoms with Crippen molar-refractivity contribution >= 4 is 12.4 Å². The zero-order valence-corrected chi connectivity index (χ0v) is 14.1. The largest absolute Gasteiger partial charge is 0.373 e. The Hall–Kier alpha value is -1.35. The van der Waals surface area contributed by atoms with Crippen LogP contribution in [-0.4, -0.2) is 19.2 Å². The fraction of sp³-hybridized carbons (Fsp3) is 0.400. The van der Waals surface area contributed by atoms with Gasteiger partial charge in [0.25, 0.3) is 0 Å². The van der Waals surface area contributed by atoms with Crippen LogP contribution in [0.15, 0.2) is 60.7 Å². The van der Waals surface area contributed by atoms with Gasteiger partial charge in [-0.05, 0) is 29.4 Å². The van der Waals surface area contributed by atoms with Gasteiger partial charge in [-0.2, -0.15) is 0 Å². The van der Waals surface area contributed by atoms with E-state index in [2.05, 4.69) is 66.0 Å². The van der Waals surface area contributed by atoms with E-state index < -0.39 is 0 Å². The zero-order chi connectivity index (χ0) is 14.8. The molecule has 1 aliphatic carbocycles. The van der Waals surface area contributed by atoms with Crippen molar-refractivity contribution < 1.29 is 4.74 Å². The molecule has 4 rings (SSSR count). The Labute approximate surface area is 144 Å². The van der Waals surface area contributed by atoms with Crippen LogP contribution in [0.3, 0.4) is 0 Å². The summed E-state index contributed by atoms with van der Waals surface area (Å²) in [7, 11) is 0. The van der Waals surface area contributed by atoms with Crippen LogP contribution in [-0.2, 0) is 11.3 Å². The van der Waals surface area contributed by atoms with Crippen LogP contribution < -0.4 is 5.32 Å². The van der Waals surface area contributed by atoms with Crippen molar-refractivity contribution in [1.82, 2.24) is 5.32 Å². The van der Waals surface area contributed by atoms with Crippen molar-refractivity contribution in [2.24, 2.45) is 5.41 Å². The van der Waals surface area contributed by atoms with E-state index in [1.807, 2.05) is 0 Å². The maximum atomic E-state index is 6.11. The summed E-state index contributed by atoms with van der Waals surface area (Å²) in [5, 5.41) is 3.60. The van der Waals surface area contributed by atoms with Gasteiger partial charge in [0.2, 0.25) is 0 Å². The topological polar surface area (TPSA) is 21.3 Å². The number of nitrogens with one attached hydrogen (secondary N) is 1. The number of hydrogen-bond donors (Lipinski definition) is 1. The molecule has 3 heteroatoms. The molecule has 1 unspecified atom stereocenters. The molecule has 0 amide bonds. The molecular formula is C20H24ClNO. The van der Waals surface area contributed by atoms with E-state index in [1.165, 1.54) is 24.0 Å². The Morgan fingerprint density at radius 2 is 1.61 bits per heavy atom. The minimum Gasteiger partial charge on any atom is -0.373 e. The predicted molar refractivity (Wildman–Crippen MR) is 96.0 cm³/mol. The summed E-state index contributed by atoms with van der Waals surface area (Å²) in [5.74, 6) is 0.644. The van der Waals surface area contributed by atoms with E-state index in [0.29, 0.717) is 17.4 Å². The van der Waals surface area contributed by atoms with Crippen molar-refractivity contribution in [3.8, 4) is 0 Å². The maximum Gasteiger partial charge on any atom is 0.0720 e. The molecule has 1 saturated carbocycles.